The van der Waals surface area contributed by atoms with Crippen molar-refractivity contribution in [3.8, 4) is 0 Å². The van der Waals surface area contributed by atoms with E-state index in [1.807, 2.05) is 18.8 Å². The number of hydrogen-bond donors (Lipinski definition) is 1. The average molecular weight is 263 g/mol. The Bertz CT molecular complexity index is 447. The van der Waals surface area contributed by atoms with Gasteiger partial charge in [-0.1, -0.05) is 13.3 Å². The van der Waals surface area contributed by atoms with Gasteiger partial charge in [-0.25, -0.2) is 9.97 Å². The molecule has 0 aromatic carbocycles. The van der Waals surface area contributed by atoms with Crippen LogP contribution in [0.5, 0.6) is 0 Å². The molecule has 0 spiro atoms. The molecule has 1 aliphatic heterocycles. The first-order chi connectivity index (χ1) is 8.81. The van der Waals surface area contributed by atoms with E-state index in [0.29, 0.717) is 5.92 Å². The number of hydrogen-bond acceptors (Lipinski definition) is 4. The predicted octanol–water partition coefficient (Wildman–Crippen LogP) is 3.56. The third kappa shape index (κ3) is 2.11. The van der Waals surface area contributed by atoms with Crippen molar-refractivity contribution < 1.29 is 0 Å². The Labute approximate surface area is 113 Å². The minimum Gasteiger partial charge on any atom is -0.373 e. The van der Waals surface area contributed by atoms with Gasteiger partial charge in [-0.05, 0) is 25.2 Å². The van der Waals surface area contributed by atoms with Gasteiger partial charge in [0, 0.05) is 30.0 Å². The van der Waals surface area contributed by atoms with Crippen molar-refractivity contribution in [1.29, 1.82) is 0 Å². The molecule has 3 rings (SSSR count). The van der Waals surface area contributed by atoms with Crippen molar-refractivity contribution in [2.75, 3.05) is 12.4 Å². The van der Waals surface area contributed by atoms with E-state index in [-0.39, 0.29) is 0 Å². The molecule has 0 saturated heterocycles. The number of nitrogens with one attached hydrogen (secondary N) is 1. The van der Waals surface area contributed by atoms with E-state index in [4.69, 9.17) is 9.97 Å². The summed E-state index contributed by atoms with van der Waals surface area (Å²) in [6, 6.07) is 0. The summed E-state index contributed by atoms with van der Waals surface area (Å²) in [6.45, 7) is 2.30. The molecular weight excluding hydrogens is 242 g/mol. The van der Waals surface area contributed by atoms with Crippen LogP contribution in [0.4, 0.5) is 5.82 Å². The fourth-order valence-corrected chi connectivity index (χ4v) is 4.18. The van der Waals surface area contributed by atoms with E-state index in [1.54, 1.807) is 0 Å². The Balaban J connectivity index is 1.89. The Kier molecular flexibility index (Phi) is 3.46. The molecule has 2 unspecified atom stereocenters. The zero-order valence-electron chi connectivity index (χ0n) is 11.2. The Morgan fingerprint density at radius 1 is 1.28 bits per heavy atom. The lowest BCUT2D eigenvalue weighted by molar-refractivity contribution is 0.516. The fourth-order valence-electron chi connectivity index (χ4n) is 3.14. The van der Waals surface area contributed by atoms with Crippen LogP contribution in [-0.4, -0.2) is 17.0 Å². The molecule has 2 atom stereocenters. The largest absolute Gasteiger partial charge is 0.373 e. The van der Waals surface area contributed by atoms with Crippen molar-refractivity contribution in [1.82, 2.24) is 9.97 Å². The second-order valence-corrected chi connectivity index (χ2v) is 6.37. The van der Waals surface area contributed by atoms with Crippen molar-refractivity contribution in [3.63, 3.8) is 0 Å². The van der Waals surface area contributed by atoms with E-state index >= 15 is 0 Å². The number of nitrogens with zero attached hydrogens (tertiary/aromatic N) is 2. The molecule has 2 heterocycles. The van der Waals surface area contributed by atoms with Gasteiger partial charge >= 0.3 is 0 Å². The maximum absolute atomic E-state index is 4.84. The zero-order chi connectivity index (χ0) is 12.5. The van der Waals surface area contributed by atoms with Crippen molar-refractivity contribution >= 4 is 17.6 Å². The normalized spacial score (nSPS) is 26.3. The summed E-state index contributed by atoms with van der Waals surface area (Å²) < 4.78 is 0. The lowest BCUT2D eigenvalue weighted by Crippen LogP contribution is -2.08. The minimum atomic E-state index is 0.595. The summed E-state index contributed by atoms with van der Waals surface area (Å²) in [7, 11) is 1.97. The highest BCUT2D eigenvalue weighted by molar-refractivity contribution is 7.98. The third-order valence-corrected chi connectivity index (χ3v) is 5.29. The number of rotatable bonds is 3. The van der Waals surface area contributed by atoms with Crippen LogP contribution in [0.2, 0.25) is 0 Å². The third-order valence-electron chi connectivity index (χ3n) is 4.32. The topological polar surface area (TPSA) is 37.8 Å². The van der Waals surface area contributed by atoms with Crippen LogP contribution in [0.15, 0.2) is 0 Å². The summed E-state index contributed by atoms with van der Waals surface area (Å²) >= 11 is 1.95. The monoisotopic (exact) mass is 263 g/mol. The first-order valence-electron chi connectivity index (χ1n) is 6.97. The molecule has 1 fully saturated rings. The SMILES string of the molecule is CCC1CCC(c2nc3c(c(NC)n2)CSC3)C1. The van der Waals surface area contributed by atoms with Crippen molar-refractivity contribution in [2.45, 2.75) is 50.0 Å². The summed E-state index contributed by atoms with van der Waals surface area (Å²) in [6.07, 6.45) is 5.21. The zero-order valence-corrected chi connectivity index (χ0v) is 12.0. The van der Waals surface area contributed by atoms with Gasteiger partial charge < -0.3 is 5.32 Å². The number of fused-ring (bicyclic) bond motifs is 1. The van der Waals surface area contributed by atoms with Gasteiger partial charge in [-0.2, -0.15) is 11.8 Å². The molecule has 98 valence electrons. The van der Waals surface area contributed by atoms with Crippen molar-refractivity contribution in [3.05, 3.63) is 17.1 Å². The van der Waals surface area contributed by atoms with E-state index < -0.39 is 0 Å². The molecule has 0 bridgehead atoms. The first-order valence-corrected chi connectivity index (χ1v) is 8.12. The maximum Gasteiger partial charge on any atom is 0.134 e. The fraction of sp³-hybridized carbons (Fsp3) is 0.714. The highest BCUT2D eigenvalue weighted by Gasteiger charge is 2.29. The summed E-state index contributed by atoms with van der Waals surface area (Å²) in [5.41, 5.74) is 2.60. The summed E-state index contributed by atoms with van der Waals surface area (Å²) in [5, 5.41) is 3.25. The van der Waals surface area contributed by atoms with E-state index in [0.717, 1.165) is 29.1 Å². The van der Waals surface area contributed by atoms with Crippen LogP contribution in [-0.2, 0) is 11.5 Å². The quantitative estimate of drug-likeness (QED) is 0.905. The first kappa shape index (κ1) is 12.3. The number of thioether (sulfide) groups is 1. The molecule has 3 nitrogen and oxygen atoms in total. The van der Waals surface area contributed by atoms with Gasteiger partial charge in [0.25, 0.3) is 0 Å². The second kappa shape index (κ2) is 5.08. The lowest BCUT2D eigenvalue weighted by Gasteiger charge is -2.13. The smallest absolute Gasteiger partial charge is 0.134 e. The molecule has 1 saturated carbocycles. The average Bonchev–Trinajstić information content (AvgIpc) is 3.05. The van der Waals surface area contributed by atoms with Crippen molar-refractivity contribution in [2.24, 2.45) is 5.92 Å². The predicted molar refractivity (Wildman–Crippen MR) is 77.0 cm³/mol. The molecule has 4 heteroatoms. The van der Waals surface area contributed by atoms with Crippen LogP contribution in [0, 0.1) is 5.92 Å². The van der Waals surface area contributed by atoms with Crippen LogP contribution < -0.4 is 5.32 Å². The van der Waals surface area contributed by atoms with E-state index in [9.17, 15) is 0 Å². The molecular formula is C14H21N3S. The Hall–Kier alpha value is -0.770. The van der Waals surface area contributed by atoms with Gasteiger partial charge in [0.15, 0.2) is 0 Å². The van der Waals surface area contributed by atoms with E-state index in [2.05, 4.69) is 12.2 Å². The minimum absolute atomic E-state index is 0.595. The van der Waals surface area contributed by atoms with Gasteiger partial charge in [0.1, 0.15) is 11.6 Å². The number of aromatic nitrogens is 2. The van der Waals surface area contributed by atoms with Crippen LogP contribution in [0.1, 0.15) is 55.6 Å². The van der Waals surface area contributed by atoms with Crippen LogP contribution in [0.3, 0.4) is 0 Å². The van der Waals surface area contributed by atoms with Gasteiger partial charge in [0.05, 0.1) is 5.69 Å². The van der Waals surface area contributed by atoms with Gasteiger partial charge in [0.2, 0.25) is 0 Å². The summed E-state index contributed by atoms with van der Waals surface area (Å²) in [4.78, 5) is 9.62. The van der Waals surface area contributed by atoms with Gasteiger partial charge in [-0.15, -0.1) is 0 Å². The molecule has 2 aliphatic rings. The molecule has 0 radical (unpaired) electrons. The molecule has 1 aromatic rings. The second-order valence-electron chi connectivity index (χ2n) is 5.38. The molecule has 0 amide bonds. The van der Waals surface area contributed by atoms with Gasteiger partial charge in [-0.3, -0.25) is 0 Å². The van der Waals surface area contributed by atoms with Crippen LogP contribution in [0.25, 0.3) is 0 Å². The highest BCUT2D eigenvalue weighted by atomic mass is 32.2. The summed E-state index contributed by atoms with van der Waals surface area (Å²) in [5.74, 6) is 5.77. The maximum atomic E-state index is 4.84. The highest BCUT2D eigenvalue weighted by Crippen LogP contribution is 2.40. The van der Waals surface area contributed by atoms with E-state index in [1.165, 1.54) is 36.9 Å². The molecule has 1 N–H and O–H groups in total. The Morgan fingerprint density at radius 2 is 2.17 bits per heavy atom. The molecule has 1 aliphatic carbocycles. The molecule has 18 heavy (non-hydrogen) atoms. The molecule has 1 aromatic heterocycles. The Morgan fingerprint density at radius 3 is 2.89 bits per heavy atom. The van der Waals surface area contributed by atoms with Crippen LogP contribution >= 0.6 is 11.8 Å². The number of anilines is 1. The lowest BCUT2D eigenvalue weighted by atomic mass is 10.0. The standard InChI is InChI=1S/C14H21N3S/c1-3-9-4-5-10(6-9)13-16-12-8-18-7-11(12)14(15-2)17-13/h9-10H,3-8H2,1-2H3,(H,15,16,17).